The van der Waals surface area contributed by atoms with E-state index in [1.54, 1.807) is 0 Å². The zero-order valence-corrected chi connectivity index (χ0v) is 19.1. The van der Waals surface area contributed by atoms with E-state index >= 15 is 0 Å². The van der Waals surface area contributed by atoms with Gasteiger partial charge in [-0.25, -0.2) is 14.2 Å². The first kappa shape index (κ1) is 24.0. The van der Waals surface area contributed by atoms with Crippen LogP contribution in [0.5, 0.6) is 5.75 Å². The number of hydrogen-bond donors (Lipinski definition) is 2. The molecule has 2 amide bonds. The molecule has 8 nitrogen and oxygen atoms in total. The average Bonchev–Trinajstić information content (AvgIpc) is 3.15. The average molecular weight is 523 g/mol. The molecule has 0 unspecified atom stereocenters. The second kappa shape index (κ2) is 8.43. The highest BCUT2D eigenvalue weighted by atomic mass is 32.1. The van der Waals surface area contributed by atoms with E-state index in [-0.39, 0.29) is 70.2 Å². The number of thiophene rings is 1. The fraction of sp³-hybridized carbons (Fsp3) is 0.304. The van der Waals surface area contributed by atoms with Gasteiger partial charge in [0.1, 0.15) is 32.7 Å². The number of rotatable bonds is 2. The summed E-state index contributed by atoms with van der Waals surface area (Å²) in [5, 5.41) is 11.2. The van der Waals surface area contributed by atoms with E-state index in [1.807, 2.05) is 0 Å². The molecule has 4 heterocycles. The van der Waals surface area contributed by atoms with Gasteiger partial charge in [0.2, 0.25) is 0 Å². The number of amides is 2. The number of piperidine rings is 1. The Morgan fingerprint density at radius 1 is 1.17 bits per heavy atom. The van der Waals surface area contributed by atoms with Gasteiger partial charge in [-0.1, -0.05) is 11.3 Å². The van der Waals surface area contributed by atoms with Gasteiger partial charge in [-0.3, -0.25) is 14.9 Å². The molecule has 3 aromatic rings. The Hall–Kier alpha value is -3.74. The van der Waals surface area contributed by atoms with Gasteiger partial charge in [0.05, 0.1) is 17.5 Å². The second-order valence-electron chi connectivity index (χ2n) is 8.60. The topological polar surface area (TPSA) is 109 Å². The number of Topliss-reactive ketones (excluding diaryl/α,β-unsaturated/α-hetero) is 1. The third kappa shape index (κ3) is 4.23. The van der Waals surface area contributed by atoms with Crippen LogP contribution < -0.4 is 10.1 Å². The van der Waals surface area contributed by atoms with E-state index in [0.29, 0.717) is 11.3 Å². The lowest BCUT2D eigenvalue weighted by atomic mass is 9.82. The lowest BCUT2D eigenvalue weighted by Crippen LogP contribution is -2.52. The first-order valence-electron chi connectivity index (χ1n) is 10.8. The van der Waals surface area contributed by atoms with E-state index < -0.39 is 35.3 Å². The van der Waals surface area contributed by atoms with Crippen molar-refractivity contribution in [1.82, 2.24) is 9.88 Å². The molecule has 0 saturated carbocycles. The summed E-state index contributed by atoms with van der Waals surface area (Å²) in [4.78, 5) is 42.2. The van der Waals surface area contributed by atoms with Gasteiger partial charge in [0, 0.05) is 31.3 Å². The van der Waals surface area contributed by atoms with Crippen LogP contribution in [-0.2, 0) is 6.18 Å². The number of carboxylic acid groups (broad SMARTS) is 1. The number of nitrogens with zero attached hydrogens (tertiary/aromatic N) is 2. The standard InChI is InChI=1S/C23H17F4N3O5S/c24-11-1-3-15-13(9-11)14(31)10-22(35-15)5-7-30(8-6-22)20(32)17-12-2-4-16(23(25,26)27)28-18(12)36-19(17)29-21(33)34/h1-4,9,29H,5-8,10H2,(H,33,34). The summed E-state index contributed by atoms with van der Waals surface area (Å²) in [6.07, 6.45) is -5.61. The Kier molecular flexibility index (Phi) is 5.62. The van der Waals surface area contributed by atoms with Crippen molar-refractivity contribution in [2.75, 3.05) is 18.4 Å². The largest absolute Gasteiger partial charge is 0.486 e. The monoisotopic (exact) mass is 523 g/mol. The molecule has 1 fully saturated rings. The number of aromatic nitrogens is 1. The van der Waals surface area contributed by atoms with Gasteiger partial charge >= 0.3 is 12.3 Å². The van der Waals surface area contributed by atoms with Crippen LogP contribution in [-0.4, -0.2) is 51.5 Å². The number of carbonyl (C=O) groups excluding carboxylic acids is 2. The van der Waals surface area contributed by atoms with Gasteiger partial charge in [-0.05, 0) is 30.3 Å². The van der Waals surface area contributed by atoms with Crippen LogP contribution in [0.2, 0.25) is 0 Å². The molecule has 2 N–H and O–H groups in total. The predicted molar refractivity (Wildman–Crippen MR) is 120 cm³/mol. The van der Waals surface area contributed by atoms with Crippen LogP contribution in [0.25, 0.3) is 10.2 Å². The van der Waals surface area contributed by atoms with Crippen molar-refractivity contribution in [2.45, 2.75) is 31.0 Å². The molecule has 13 heteroatoms. The molecule has 1 aromatic carbocycles. The van der Waals surface area contributed by atoms with Crippen molar-refractivity contribution in [2.24, 2.45) is 0 Å². The Bertz CT molecular complexity index is 1410. The van der Waals surface area contributed by atoms with Gasteiger partial charge in [-0.15, -0.1) is 0 Å². The van der Waals surface area contributed by atoms with Crippen LogP contribution in [0.1, 0.15) is 45.7 Å². The third-order valence-corrected chi connectivity index (χ3v) is 7.31. The Morgan fingerprint density at radius 2 is 1.89 bits per heavy atom. The van der Waals surface area contributed by atoms with Gasteiger partial charge in [0.25, 0.3) is 5.91 Å². The van der Waals surface area contributed by atoms with E-state index in [1.165, 1.54) is 17.0 Å². The lowest BCUT2D eigenvalue weighted by Gasteiger charge is -2.44. The molecule has 0 radical (unpaired) electrons. The fourth-order valence-corrected chi connectivity index (χ4v) is 5.61. The van der Waals surface area contributed by atoms with Gasteiger partial charge in [-0.2, -0.15) is 13.2 Å². The maximum atomic E-state index is 13.5. The molecule has 188 valence electrons. The van der Waals surface area contributed by atoms with Gasteiger partial charge < -0.3 is 14.7 Å². The highest BCUT2D eigenvalue weighted by Crippen LogP contribution is 2.42. The summed E-state index contributed by atoms with van der Waals surface area (Å²) in [6, 6.07) is 5.56. The maximum absolute atomic E-state index is 13.5. The van der Waals surface area contributed by atoms with E-state index in [9.17, 15) is 37.1 Å². The Balaban J connectivity index is 1.41. The predicted octanol–water partition coefficient (Wildman–Crippen LogP) is 5.18. The molecule has 0 atom stereocenters. The molecular weight excluding hydrogens is 506 g/mol. The maximum Gasteiger partial charge on any atom is 0.433 e. The molecule has 2 aliphatic heterocycles. The number of alkyl halides is 3. The van der Waals surface area contributed by atoms with Crippen molar-refractivity contribution in [1.29, 1.82) is 0 Å². The SMILES string of the molecule is O=C(O)Nc1sc2nc(C(F)(F)F)ccc2c1C(=O)N1CCC2(CC1)CC(=O)c1cc(F)ccc1O2. The minimum atomic E-state index is -4.70. The number of likely N-dealkylation sites (tertiary alicyclic amines) is 1. The van der Waals surface area contributed by atoms with Crippen LogP contribution in [0, 0.1) is 5.82 Å². The number of carbonyl (C=O) groups is 3. The smallest absolute Gasteiger partial charge is 0.433 e. The normalized spacial score (nSPS) is 17.1. The minimum absolute atomic E-state index is 0.0167. The molecule has 0 bridgehead atoms. The molecule has 2 aromatic heterocycles. The van der Waals surface area contributed by atoms with Crippen molar-refractivity contribution >= 4 is 44.3 Å². The number of halogens is 4. The quantitative estimate of drug-likeness (QED) is 0.448. The molecule has 5 rings (SSSR count). The fourth-order valence-electron chi connectivity index (χ4n) is 4.55. The summed E-state index contributed by atoms with van der Waals surface area (Å²) < 4.78 is 58.9. The molecule has 0 aliphatic carbocycles. The molecule has 36 heavy (non-hydrogen) atoms. The number of fused-ring (bicyclic) bond motifs is 2. The van der Waals surface area contributed by atoms with Crippen molar-refractivity contribution in [3.8, 4) is 5.75 Å². The number of hydrogen-bond acceptors (Lipinski definition) is 6. The number of nitrogens with one attached hydrogen (secondary N) is 1. The zero-order valence-electron chi connectivity index (χ0n) is 18.3. The highest BCUT2D eigenvalue weighted by molar-refractivity contribution is 7.23. The Labute approximate surface area is 204 Å². The number of pyridine rings is 1. The number of ether oxygens (including phenoxy) is 1. The van der Waals surface area contributed by atoms with Crippen LogP contribution in [0.3, 0.4) is 0 Å². The molecule has 1 saturated heterocycles. The summed E-state index contributed by atoms with van der Waals surface area (Å²) in [7, 11) is 0. The van der Waals surface area contributed by atoms with Crippen molar-refractivity contribution in [3.63, 3.8) is 0 Å². The lowest BCUT2D eigenvalue weighted by molar-refractivity contribution is -0.140. The zero-order chi connectivity index (χ0) is 25.8. The van der Waals surface area contributed by atoms with Gasteiger partial charge in [0.15, 0.2) is 5.78 Å². The molecule has 2 aliphatic rings. The molecule has 1 spiro atoms. The summed E-state index contributed by atoms with van der Waals surface area (Å²) >= 11 is 0.640. The Morgan fingerprint density at radius 3 is 2.56 bits per heavy atom. The minimum Gasteiger partial charge on any atom is -0.486 e. The van der Waals surface area contributed by atoms with Crippen molar-refractivity contribution < 1.29 is 41.8 Å². The van der Waals surface area contributed by atoms with E-state index in [4.69, 9.17) is 4.74 Å². The van der Waals surface area contributed by atoms with Crippen molar-refractivity contribution in [3.05, 3.63) is 53.0 Å². The molecular formula is C23H17F4N3O5S. The van der Waals surface area contributed by atoms with Crippen LogP contribution in [0.15, 0.2) is 30.3 Å². The van der Waals surface area contributed by atoms with Crippen LogP contribution in [0.4, 0.5) is 27.4 Å². The van der Waals surface area contributed by atoms with Crippen LogP contribution >= 0.6 is 11.3 Å². The number of ketones is 1. The summed E-state index contributed by atoms with van der Waals surface area (Å²) in [6.45, 7) is 0.307. The van der Waals surface area contributed by atoms with E-state index in [2.05, 4.69) is 10.3 Å². The number of benzene rings is 1. The van der Waals surface area contributed by atoms with E-state index in [0.717, 1.165) is 18.2 Å². The first-order chi connectivity index (χ1) is 17.0. The summed E-state index contributed by atoms with van der Waals surface area (Å²) in [5.74, 6) is -1.12. The third-order valence-electron chi connectivity index (χ3n) is 6.29. The highest BCUT2D eigenvalue weighted by Gasteiger charge is 2.44. The summed E-state index contributed by atoms with van der Waals surface area (Å²) in [5.41, 5.74) is -1.95. The second-order valence-corrected chi connectivity index (χ2v) is 9.60. The first-order valence-corrected chi connectivity index (χ1v) is 11.6. The number of anilines is 1.